The molecule has 0 fully saturated rings. The molecule has 1 atom stereocenters. The van der Waals surface area contributed by atoms with Crippen molar-refractivity contribution in [3.8, 4) is 22.6 Å². The van der Waals surface area contributed by atoms with Crippen LogP contribution in [0, 0.1) is 12.8 Å². The molecule has 1 aromatic heterocycles. The number of carboxylic acid groups (broad SMARTS) is 1. The standard InChI is InChI=1S/C25H28N2O4/c1-16-6-5-7-18(10-16)14-26-24-9-8-19(15-27-24)20-12-22(30-3)21(23(13-20)31-4)11-17(2)25(28)29/h5-10,12-13,15,17H,11,14H2,1-4H3,(H,26,27)(H,28,29). The number of nitrogens with zero attached hydrogens (tertiary/aromatic N) is 1. The summed E-state index contributed by atoms with van der Waals surface area (Å²) in [5.41, 5.74) is 4.97. The van der Waals surface area contributed by atoms with Gasteiger partial charge in [0, 0.05) is 23.9 Å². The zero-order valence-corrected chi connectivity index (χ0v) is 18.3. The second-order valence-corrected chi connectivity index (χ2v) is 7.58. The Kier molecular flexibility index (Phi) is 7.13. The number of benzene rings is 2. The molecule has 0 bridgehead atoms. The number of ether oxygens (including phenoxy) is 2. The molecule has 3 rings (SSSR count). The van der Waals surface area contributed by atoms with Crippen LogP contribution >= 0.6 is 0 Å². The molecule has 0 radical (unpaired) electrons. The third-order valence-corrected chi connectivity index (χ3v) is 5.19. The Morgan fingerprint density at radius 1 is 1.06 bits per heavy atom. The van der Waals surface area contributed by atoms with Gasteiger partial charge in [-0.1, -0.05) is 36.8 Å². The van der Waals surface area contributed by atoms with Crippen LogP contribution in [0.4, 0.5) is 5.82 Å². The maximum absolute atomic E-state index is 11.3. The van der Waals surface area contributed by atoms with Crippen molar-refractivity contribution in [1.29, 1.82) is 0 Å². The van der Waals surface area contributed by atoms with Crippen LogP contribution in [0.5, 0.6) is 11.5 Å². The molecule has 0 saturated carbocycles. The number of carboxylic acids is 1. The number of aliphatic carboxylic acids is 1. The first-order valence-electron chi connectivity index (χ1n) is 10.1. The minimum atomic E-state index is -0.855. The Labute approximate surface area is 182 Å². The molecule has 3 aromatic rings. The van der Waals surface area contributed by atoms with E-state index in [0.717, 1.165) is 22.5 Å². The zero-order chi connectivity index (χ0) is 22.4. The second-order valence-electron chi connectivity index (χ2n) is 7.58. The van der Waals surface area contributed by atoms with Gasteiger partial charge in [-0.15, -0.1) is 0 Å². The number of methoxy groups -OCH3 is 2. The number of anilines is 1. The number of pyridine rings is 1. The molecule has 2 aromatic carbocycles. The fourth-order valence-corrected chi connectivity index (χ4v) is 3.43. The molecule has 0 aliphatic rings. The third-order valence-electron chi connectivity index (χ3n) is 5.19. The van der Waals surface area contributed by atoms with Crippen molar-refractivity contribution in [2.24, 2.45) is 5.92 Å². The predicted molar refractivity (Wildman–Crippen MR) is 122 cm³/mol. The van der Waals surface area contributed by atoms with E-state index in [4.69, 9.17) is 9.47 Å². The van der Waals surface area contributed by atoms with Crippen molar-refractivity contribution >= 4 is 11.8 Å². The lowest BCUT2D eigenvalue weighted by atomic mass is 9.96. The van der Waals surface area contributed by atoms with E-state index in [-0.39, 0.29) is 0 Å². The minimum Gasteiger partial charge on any atom is -0.496 e. The monoisotopic (exact) mass is 420 g/mol. The van der Waals surface area contributed by atoms with Crippen LogP contribution in [-0.4, -0.2) is 30.3 Å². The summed E-state index contributed by atoms with van der Waals surface area (Å²) in [6.45, 7) is 4.44. The molecule has 0 aliphatic carbocycles. The highest BCUT2D eigenvalue weighted by molar-refractivity contribution is 5.72. The molecule has 2 N–H and O–H groups in total. The first kappa shape index (κ1) is 22.2. The van der Waals surface area contributed by atoms with E-state index in [1.807, 2.05) is 30.3 Å². The van der Waals surface area contributed by atoms with E-state index in [1.165, 1.54) is 11.1 Å². The van der Waals surface area contributed by atoms with Gasteiger partial charge in [0.1, 0.15) is 17.3 Å². The molecule has 0 amide bonds. The maximum Gasteiger partial charge on any atom is 0.306 e. The van der Waals surface area contributed by atoms with Gasteiger partial charge in [-0.2, -0.15) is 0 Å². The topological polar surface area (TPSA) is 80.7 Å². The molecule has 6 heteroatoms. The fraction of sp³-hybridized carbons (Fsp3) is 0.280. The van der Waals surface area contributed by atoms with Crippen LogP contribution in [0.25, 0.3) is 11.1 Å². The smallest absolute Gasteiger partial charge is 0.306 e. The van der Waals surface area contributed by atoms with Crippen molar-refractivity contribution in [3.05, 3.63) is 71.4 Å². The van der Waals surface area contributed by atoms with E-state index in [1.54, 1.807) is 27.3 Å². The van der Waals surface area contributed by atoms with Crippen molar-refractivity contribution < 1.29 is 19.4 Å². The van der Waals surface area contributed by atoms with Crippen LogP contribution in [-0.2, 0) is 17.8 Å². The van der Waals surface area contributed by atoms with Crippen molar-refractivity contribution in [3.63, 3.8) is 0 Å². The van der Waals surface area contributed by atoms with Gasteiger partial charge in [0.15, 0.2) is 0 Å². The number of aryl methyl sites for hydroxylation is 1. The van der Waals surface area contributed by atoms with E-state index in [9.17, 15) is 9.90 Å². The average molecular weight is 421 g/mol. The maximum atomic E-state index is 11.3. The van der Waals surface area contributed by atoms with Gasteiger partial charge in [-0.05, 0) is 48.7 Å². The Morgan fingerprint density at radius 3 is 2.32 bits per heavy atom. The molecule has 162 valence electrons. The fourth-order valence-electron chi connectivity index (χ4n) is 3.43. The van der Waals surface area contributed by atoms with Gasteiger partial charge >= 0.3 is 5.97 Å². The number of aromatic nitrogens is 1. The molecule has 1 unspecified atom stereocenters. The highest BCUT2D eigenvalue weighted by atomic mass is 16.5. The number of hydrogen-bond donors (Lipinski definition) is 2. The summed E-state index contributed by atoms with van der Waals surface area (Å²) in [6, 6.07) is 16.1. The molecule has 0 saturated heterocycles. The summed E-state index contributed by atoms with van der Waals surface area (Å²) in [7, 11) is 3.15. The molecule has 1 heterocycles. The van der Waals surface area contributed by atoms with E-state index in [0.29, 0.717) is 24.5 Å². The van der Waals surface area contributed by atoms with Gasteiger partial charge in [-0.25, -0.2) is 4.98 Å². The Hall–Kier alpha value is -3.54. The number of carbonyl (C=O) groups is 1. The zero-order valence-electron chi connectivity index (χ0n) is 18.3. The molecule has 0 aliphatic heterocycles. The molecule has 0 spiro atoms. The first-order valence-corrected chi connectivity index (χ1v) is 10.1. The lowest BCUT2D eigenvalue weighted by Crippen LogP contribution is -2.13. The lowest BCUT2D eigenvalue weighted by molar-refractivity contribution is -0.141. The second kappa shape index (κ2) is 9.98. The summed E-state index contributed by atoms with van der Waals surface area (Å²) >= 11 is 0. The first-order chi connectivity index (χ1) is 14.9. The quantitative estimate of drug-likeness (QED) is 0.510. The minimum absolute atomic E-state index is 0.321. The Balaban J connectivity index is 1.81. The van der Waals surface area contributed by atoms with Crippen LogP contribution < -0.4 is 14.8 Å². The van der Waals surface area contributed by atoms with Crippen LogP contribution in [0.3, 0.4) is 0 Å². The van der Waals surface area contributed by atoms with Crippen molar-refractivity contribution in [2.75, 3.05) is 19.5 Å². The van der Waals surface area contributed by atoms with Crippen LogP contribution in [0.15, 0.2) is 54.7 Å². The summed E-state index contributed by atoms with van der Waals surface area (Å²) in [5.74, 6) is 0.587. The molecule has 31 heavy (non-hydrogen) atoms. The number of hydrogen-bond acceptors (Lipinski definition) is 5. The van der Waals surface area contributed by atoms with E-state index >= 15 is 0 Å². The SMILES string of the molecule is COc1cc(-c2ccc(NCc3cccc(C)c3)nc2)cc(OC)c1CC(C)C(=O)O. The van der Waals surface area contributed by atoms with E-state index in [2.05, 4.69) is 35.4 Å². The van der Waals surface area contributed by atoms with Crippen LogP contribution in [0.1, 0.15) is 23.6 Å². The van der Waals surface area contributed by atoms with Gasteiger partial charge in [0.25, 0.3) is 0 Å². The van der Waals surface area contributed by atoms with Gasteiger partial charge < -0.3 is 19.9 Å². The van der Waals surface area contributed by atoms with E-state index < -0.39 is 11.9 Å². The third kappa shape index (κ3) is 5.54. The summed E-state index contributed by atoms with van der Waals surface area (Å²) < 4.78 is 11.1. The molecular formula is C25H28N2O4. The predicted octanol–water partition coefficient (Wildman–Crippen LogP) is 4.95. The molecular weight excluding hydrogens is 392 g/mol. The summed E-state index contributed by atoms with van der Waals surface area (Å²) in [6.07, 6.45) is 2.12. The van der Waals surface area contributed by atoms with Crippen molar-refractivity contribution in [1.82, 2.24) is 4.98 Å². The molecule has 6 nitrogen and oxygen atoms in total. The Bertz CT molecular complexity index is 1020. The number of nitrogens with one attached hydrogen (secondary N) is 1. The van der Waals surface area contributed by atoms with Gasteiger partial charge in [0.05, 0.1) is 20.1 Å². The largest absolute Gasteiger partial charge is 0.496 e. The normalized spacial score (nSPS) is 11.6. The van der Waals surface area contributed by atoms with Gasteiger partial charge in [-0.3, -0.25) is 4.79 Å². The van der Waals surface area contributed by atoms with Crippen molar-refractivity contribution in [2.45, 2.75) is 26.8 Å². The van der Waals surface area contributed by atoms with Crippen LogP contribution in [0.2, 0.25) is 0 Å². The lowest BCUT2D eigenvalue weighted by Gasteiger charge is -2.17. The highest BCUT2D eigenvalue weighted by Crippen LogP contribution is 2.36. The number of rotatable bonds is 9. The summed E-state index contributed by atoms with van der Waals surface area (Å²) in [4.78, 5) is 15.8. The van der Waals surface area contributed by atoms with Gasteiger partial charge in [0.2, 0.25) is 0 Å². The average Bonchev–Trinajstić information content (AvgIpc) is 2.78. The summed E-state index contributed by atoms with van der Waals surface area (Å²) in [5, 5.41) is 12.6. The highest BCUT2D eigenvalue weighted by Gasteiger charge is 2.20. The Morgan fingerprint density at radius 2 is 1.77 bits per heavy atom.